The minimum atomic E-state index is 0.447. The van der Waals surface area contributed by atoms with Crippen molar-refractivity contribution in [3.05, 3.63) is 57.0 Å². The second-order valence-electron chi connectivity index (χ2n) is 3.58. The van der Waals surface area contributed by atoms with Crippen molar-refractivity contribution in [2.24, 2.45) is 0 Å². The van der Waals surface area contributed by atoms with Gasteiger partial charge in [0, 0.05) is 10.4 Å². The average Bonchev–Trinajstić information content (AvgIpc) is 2.34. The van der Waals surface area contributed by atoms with Gasteiger partial charge in [-0.25, -0.2) is 0 Å². The molecule has 0 heterocycles. The van der Waals surface area contributed by atoms with Crippen LogP contribution in [0.4, 0.5) is 0 Å². The number of ether oxygens (including phenoxy) is 1. The summed E-state index contributed by atoms with van der Waals surface area (Å²) in [5.74, 6) is 1.08. The van der Waals surface area contributed by atoms with E-state index in [-0.39, 0.29) is 0 Å². The van der Waals surface area contributed by atoms with Crippen molar-refractivity contribution in [3.8, 4) is 11.5 Å². The van der Waals surface area contributed by atoms with E-state index in [2.05, 4.69) is 15.9 Å². The molecule has 0 atom stereocenters. The van der Waals surface area contributed by atoms with E-state index in [0.717, 1.165) is 10.9 Å². The predicted molar refractivity (Wildman–Crippen MR) is 80.6 cm³/mol. The maximum atomic E-state index is 6.13. The molecule has 0 saturated heterocycles. The zero-order valence-corrected chi connectivity index (χ0v) is 12.9. The van der Waals surface area contributed by atoms with Gasteiger partial charge in [0.25, 0.3) is 0 Å². The Hall–Kier alpha value is -0.410. The summed E-state index contributed by atoms with van der Waals surface area (Å²) in [4.78, 5) is 0. The molecule has 0 aliphatic heterocycles. The largest absolute Gasteiger partial charge is 0.454 e. The summed E-state index contributed by atoms with van der Waals surface area (Å²) >= 11 is 21.3. The van der Waals surface area contributed by atoms with E-state index in [4.69, 9.17) is 39.5 Å². The summed E-state index contributed by atoms with van der Waals surface area (Å²) in [6.45, 7) is 0. The van der Waals surface area contributed by atoms with Crippen LogP contribution >= 0.6 is 50.7 Å². The van der Waals surface area contributed by atoms with E-state index in [9.17, 15) is 0 Å². The number of hydrogen-bond acceptors (Lipinski definition) is 1. The van der Waals surface area contributed by atoms with Crippen molar-refractivity contribution in [1.82, 2.24) is 0 Å². The average molecular weight is 366 g/mol. The third-order valence-electron chi connectivity index (χ3n) is 2.26. The highest BCUT2D eigenvalue weighted by Crippen LogP contribution is 2.35. The lowest BCUT2D eigenvalue weighted by molar-refractivity contribution is 0.483. The molecule has 2 aromatic carbocycles. The van der Waals surface area contributed by atoms with Crippen LogP contribution in [0.5, 0.6) is 11.5 Å². The van der Waals surface area contributed by atoms with E-state index in [0.29, 0.717) is 26.6 Å². The molecule has 5 heteroatoms. The Balaban J connectivity index is 2.28. The second kappa shape index (κ2) is 6.16. The summed E-state index contributed by atoms with van der Waals surface area (Å²) in [7, 11) is 0. The number of hydrogen-bond donors (Lipinski definition) is 0. The molecule has 0 aromatic heterocycles. The van der Waals surface area contributed by atoms with Crippen LogP contribution in [0, 0.1) is 0 Å². The molecule has 2 aromatic rings. The topological polar surface area (TPSA) is 9.23 Å². The minimum absolute atomic E-state index is 0.447. The van der Waals surface area contributed by atoms with Crippen LogP contribution in [0.3, 0.4) is 0 Å². The first-order valence-electron chi connectivity index (χ1n) is 5.07. The van der Waals surface area contributed by atoms with Crippen molar-refractivity contribution in [3.63, 3.8) is 0 Å². The Morgan fingerprint density at radius 2 is 1.50 bits per heavy atom. The molecule has 0 saturated carbocycles. The Morgan fingerprint density at radius 1 is 0.889 bits per heavy atom. The highest BCUT2D eigenvalue weighted by molar-refractivity contribution is 9.08. The molecule has 18 heavy (non-hydrogen) atoms. The van der Waals surface area contributed by atoms with E-state index in [1.807, 2.05) is 18.2 Å². The monoisotopic (exact) mass is 364 g/mol. The lowest BCUT2D eigenvalue weighted by Crippen LogP contribution is -1.87. The van der Waals surface area contributed by atoms with Crippen molar-refractivity contribution >= 4 is 50.7 Å². The van der Waals surface area contributed by atoms with E-state index < -0.39 is 0 Å². The van der Waals surface area contributed by atoms with E-state index in [1.54, 1.807) is 18.2 Å². The van der Waals surface area contributed by atoms with Crippen LogP contribution in [0.15, 0.2) is 36.4 Å². The first-order chi connectivity index (χ1) is 8.60. The Bertz CT molecular complexity index is 572. The van der Waals surface area contributed by atoms with Gasteiger partial charge in [-0.1, -0.05) is 56.8 Å². The molecule has 0 aliphatic carbocycles. The Morgan fingerprint density at radius 3 is 2.06 bits per heavy atom. The molecule has 0 radical (unpaired) electrons. The lowest BCUT2D eigenvalue weighted by Gasteiger charge is -2.10. The summed E-state index contributed by atoms with van der Waals surface area (Å²) < 4.78 is 5.66. The summed E-state index contributed by atoms with van der Waals surface area (Å²) in [5, 5.41) is 2.29. The van der Waals surface area contributed by atoms with Gasteiger partial charge >= 0.3 is 0 Å². The Labute approximate surface area is 129 Å². The van der Waals surface area contributed by atoms with Gasteiger partial charge in [-0.15, -0.1) is 0 Å². The third-order valence-corrected chi connectivity index (χ3v) is 3.74. The van der Waals surface area contributed by atoms with Gasteiger partial charge in [-0.2, -0.15) is 0 Å². The molecule has 0 unspecified atom stereocenters. The lowest BCUT2D eigenvalue weighted by atomic mass is 10.2. The molecule has 2 rings (SSSR count). The maximum absolute atomic E-state index is 6.13. The van der Waals surface area contributed by atoms with Crippen molar-refractivity contribution in [1.29, 1.82) is 0 Å². The highest BCUT2D eigenvalue weighted by atomic mass is 79.9. The molecule has 94 valence electrons. The molecule has 0 amide bonds. The molecule has 0 N–H and O–H groups in total. The zero-order valence-electron chi connectivity index (χ0n) is 9.09. The van der Waals surface area contributed by atoms with Crippen LogP contribution in [-0.2, 0) is 5.33 Å². The smallest absolute Gasteiger partial charge is 0.146 e. The molecular weight excluding hydrogens is 358 g/mol. The van der Waals surface area contributed by atoms with E-state index in [1.165, 1.54) is 0 Å². The molecule has 0 fully saturated rings. The van der Waals surface area contributed by atoms with Crippen LogP contribution in [0.25, 0.3) is 0 Å². The first-order valence-corrected chi connectivity index (χ1v) is 7.33. The Kier molecular flexibility index (Phi) is 4.79. The molecule has 1 nitrogen and oxygen atoms in total. The highest BCUT2D eigenvalue weighted by Gasteiger charge is 2.07. The summed E-state index contributed by atoms with van der Waals surface area (Å²) in [5.41, 5.74) is 1.08. The molecule has 0 spiro atoms. The minimum Gasteiger partial charge on any atom is -0.454 e. The normalized spacial score (nSPS) is 10.4. The van der Waals surface area contributed by atoms with Gasteiger partial charge in [-0.05, 0) is 35.9 Å². The number of benzene rings is 2. The molecule has 0 bridgehead atoms. The van der Waals surface area contributed by atoms with Crippen molar-refractivity contribution < 1.29 is 4.74 Å². The SMILES string of the molecule is Clc1ccc(Oc2ccc(CBr)cc2Cl)c(Cl)c1. The first kappa shape index (κ1) is 14.0. The van der Waals surface area contributed by atoms with Crippen LogP contribution < -0.4 is 4.74 Å². The van der Waals surface area contributed by atoms with Crippen LogP contribution in [-0.4, -0.2) is 0 Å². The third kappa shape index (κ3) is 3.33. The number of alkyl halides is 1. The van der Waals surface area contributed by atoms with Gasteiger partial charge in [0.15, 0.2) is 0 Å². The van der Waals surface area contributed by atoms with Gasteiger partial charge in [-0.3, -0.25) is 0 Å². The van der Waals surface area contributed by atoms with Crippen molar-refractivity contribution in [2.75, 3.05) is 0 Å². The summed E-state index contributed by atoms with van der Waals surface area (Å²) in [6.07, 6.45) is 0. The molecule has 0 aliphatic rings. The second-order valence-corrected chi connectivity index (χ2v) is 5.39. The number of rotatable bonds is 3. The van der Waals surface area contributed by atoms with E-state index >= 15 is 0 Å². The quantitative estimate of drug-likeness (QED) is 0.576. The van der Waals surface area contributed by atoms with Gasteiger partial charge in [0.05, 0.1) is 10.0 Å². The van der Waals surface area contributed by atoms with Gasteiger partial charge < -0.3 is 4.74 Å². The molecular formula is C13H8BrCl3O. The fourth-order valence-electron chi connectivity index (χ4n) is 1.39. The maximum Gasteiger partial charge on any atom is 0.146 e. The zero-order chi connectivity index (χ0) is 13.1. The van der Waals surface area contributed by atoms with Gasteiger partial charge in [0.1, 0.15) is 11.5 Å². The predicted octanol–water partition coefficient (Wildman–Crippen LogP) is 6.33. The number of halogens is 4. The summed E-state index contributed by atoms with van der Waals surface area (Å²) in [6, 6.07) is 10.6. The standard InChI is InChI=1S/C13H8BrCl3O/c14-7-8-1-3-12(10(16)5-8)18-13-4-2-9(15)6-11(13)17/h1-6H,7H2. The fourth-order valence-corrected chi connectivity index (χ4v) is 2.42. The van der Waals surface area contributed by atoms with Crippen molar-refractivity contribution in [2.45, 2.75) is 5.33 Å². The van der Waals surface area contributed by atoms with Crippen LogP contribution in [0.2, 0.25) is 15.1 Å². The van der Waals surface area contributed by atoms with Crippen LogP contribution in [0.1, 0.15) is 5.56 Å². The fraction of sp³-hybridized carbons (Fsp3) is 0.0769. The van der Waals surface area contributed by atoms with Gasteiger partial charge in [0.2, 0.25) is 0 Å².